The van der Waals surface area contributed by atoms with E-state index in [4.69, 9.17) is 5.73 Å². The zero-order valence-corrected chi connectivity index (χ0v) is 8.81. The van der Waals surface area contributed by atoms with Crippen LogP contribution in [0.1, 0.15) is 41.5 Å². The zero-order valence-electron chi connectivity index (χ0n) is 8.81. The first-order valence-corrected chi connectivity index (χ1v) is 4.52. The van der Waals surface area contributed by atoms with Gasteiger partial charge in [-0.15, -0.1) is 0 Å². The molecule has 1 heteroatoms. The van der Waals surface area contributed by atoms with Crippen LogP contribution in [0, 0.1) is 17.3 Å². The molecule has 0 fully saturated rings. The van der Waals surface area contributed by atoms with Crippen molar-refractivity contribution in [3.8, 4) is 0 Å². The number of nitrogens with two attached hydrogens (primary N) is 1. The van der Waals surface area contributed by atoms with Crippen LogP contribution >= 0.6 is 0 Å². The highest BCUT2D eigenvalue weighted by Gasteiger charge is 2.27. The van der Waals surface area contributed by atoms with Gasteiger partial charge in [-0.1, -0.05) is 41.5 Å². The first-order chi connectivity index (χ1) is 4.76. The molecule has 0 aliphatic rings. The highest BCUT2D eigenvalue weighted by molar-refractivity contribution is 4.82. The van der Waals surface area contributed by atoms with Crippen LogP contribution in [-0.2, 0) is 0 Å². The van der Waals surface area contributed by atoms with Crippen LogP contribution in [0.4, 0.5) is 0 Å². The Morgan fingerprint density at radius 2 is 1.36 bits per heavy atom. The Morgan fingerprint density at radius 3 is 1.45 bits per heavy atom. The van der Waals surface area contributed by atoms with Gasteiger partial charge < -0.3 is 5.73 Å². The molecule has 11 heavy (non-hydrogen) atoms. The predicted octanol–water partition coefficient (Wildman–Crippen LogP) is 2.65. The van der Waals surface area contributed by atoms with Gasteiger partial charge in [-0.25, -0.2) is 0 Å². The molecule has 0 bridgehead atoms. The lowest BCUT2D eigenvalue weighted by molar-refractivity contribution is 0.208. The summed E-state index contributed by atoms with van der Waals surface area (Å²) in [6.07, 6.45) is 0. The molecule has 0 aliphatic heterocycles. The summed E-state index contributed by atoms with van der Waals surface area (Å²) in [5.74, 6) is 1.29. The molecule has 2 N–H and O–H groups in total. The van der Waals surface area contributed by atoms with Crippen LogP contribution in [0.25, 0.3) is 0 Å². The first kappa shape index (κ1) is 11.0. The van der Waals surface area contributed by atoms with Crippen molar-refractivity contribution in [2.45, 2.75) is 47.6 Å². The van der Waals surface area contributed by atoms with Crippen molar-refractivity contribution in [2.75, 3.05) is 0 Å². The first-order valence-electron chi connectivity index (χ1n) is 4.52. The van der Waals surface area contributed by atoms with Gasteiger partial charge in [0.25, 0.3) is 0 Å². The Morgan fingerprint density at radius 1 is 1.00 bits per heavy atom. The van der Waals surface area contributed by atoms with Gasteiger partial charge in [0.1, 0.15) is 0 Å². The van der Waals surface area contributed by atoms with Crippen molar-refractivity contribution in [3.05, 3.63) is 0 Å². The molecule has 0 rings (SSSR count). The summed E-state index contributed by atoms with van der Waals surface area (Å²) in [6, 6.07) is 0.308. The summed E-state index contributed by atoms with van der Waals surface area (Å²) in [4.78, 5) is 0. The lowest BCUT2D eigenvalue weighted by Gasteiger charge is -2.34. The summed E-state index contributed by atoms with van der Waals surface area (Å²) >= 11 is 0. The van der Waals surface area contributed by atoms with Crippen molar-refractivity contribution in [1.29, 1.82) is 0 Å². The van der Waals surface area contributed by atoms with E-state index in [9.17, 15) is 0 Å². The van der Waals surface area contributed by atoms with Crippen LogP contribution in [-0.4, -0.2) is 6.04 Å². The molecule has 0 aliphatic carbocycles. The van der Waals surface area contributed by atoms with E-state index in [1.807, 2.05) is 0 Å². The summed E-state index contributed by atoms with van der Waals surface area (Å²) in [7, 11) is 0. The van der Waals surface area contributed by atoms with Gasteiger partial charge in [0.2, 0.25) is 0 Å². The Hall–Kier alpha value is -0.0400. The standard InChI is InChI=1S/C10H23N/c1-7(2)8(3)9(11)10(4,5)6/h7-9H,11H2,1-6H3/t8?,9-/m0/s1. The van der Waals surface area contributed by atoms with Crippen molar-refractivity contribution in [1.82, 2.24) is 0 Å². The van der Waals surface area contributed by atoms with Crippen molar-refractivity contribution in [3.63, 3.8) is 0 Å². The summed E-state index contributed by atoms with van der Waals surface area (Å²) in [5.41, 5.74) is 6.33. The lowest BCUT2D eigenvalue weighted by atomic mass is 9.76. The van der Waals surface area contributed by atoms with Gasteiger partial charge in [-0.05, 0) is 17.3 Å². The number of hydrogen-bond acceptors (Lipinski definition) is 1. The molecule has 0 amide bonds. The lowest BCUT2D eigenvalue weighted by Crippen LogP contribution is -2.42. The van der Waals surface area contributed by atoms with Gasteiger partial charge in [0.05, 0.1) is 0 Å². The van der Waals surface area contributed by atoms with Crippen molar-refractivity contribution >= 4 is 0 Å². The second-order valence-corrected chi connectivity index (χ2v) is 4.99. The van der Waals surface area contributed by atoms with Crippen LogP contribution < -0.4 is 5.73 Å². The van der Waals surface area contributed by atoms with E-state index < -0.39 is 0 Å². The Kier molecular flexibility index (Phi) is 3.56. The Bertz CT molecular complexity index is 111. The smallest absolute Gasteiger partial charge is 0.0116 e. The molecule has 0 aromatic heterocycles. The van der Waals surface area contributed by atoms with Crippen molar-refractivity contribution in [2.24, 2.45) is 23.0 Å². The van der Waals surface area contributed by atoms with Crippen LogP contribution in [0.3, 0.4) is 0 Å². The minimum atomic E-state index is 0.240. The Labute approximate surface area is 71.4 Å². The highest BCUT2D eigenvalue weighted by atomic mass is 14.7. The second-order valence-electron chi connectivity index (χ2n) is 4.99. The fraction of sp³-hybridized carbons (Fsp3) is 1.00. The van der Waals surface area contributed by atoms with Crippen LogP contribution in [0.15, 0.2) is 0 Å². The van der Waals surface area contributed by atoms with E-state index in [-0.39, 0.29) is 5.41 Å². The summed E-state index contributed by atoms with van der Waals surface area (Å²) in [5, 5.41) is 0. The minimum Gasteiger partial charge on any atom is -0.327 e. The third-order valence-corrected chi connectivity index (χ3v) is 2.62. The quantitative estimate of drug-likeness (QED) is 0.655. The SMILES string of the molecule is CC(C)C(C)[C@H](N)C(C)(C)C. The largest absolute Gasteiger partial charge is 0.327 e. The highest BCUT2D eigenvalue weighted by Crippen LogP contribution is 2.27. The molecule has 68 valence electrons. The monoisotopic (exact) mass is 157 g/mol. The number of hydrogen-bond donors (Lipinski definition) is 1. The minimum absolute atomic E-state index is 0.240. The molecule has 0 saturated heterocycles. The predicted molar refractivity (Wildman–Crippen MR) is 51.4 cm³/mol. The van der Waals surface area contributed by atoms with Crippen LogP contribution in [0.5, 0.6) is 0 Å². The molecule has 0 saturated carbocycles. The average molecular weight is 157 g/mol. The maximum atomic E-state index is 6.10. The van der Waals surface area contributed by atoms with Gasteiger partial charge in [-0.2, -0.15) is 0 Å². The normalized spacial score (nSPS) is 18.5. The van der Waals surface area contributed by atoms with E-state index in [1.54, 1.807) is 0 Å². The fourth-order valence-electron chi connectivity index (χ4n) is 1.20. The average Bonchev–Trinajstić information content (AvgIpc) is 1.82. The molecule has 0 heterocycles. The summed E-state index contributed by atoms with van der Waals surface area (Å²) in [6.45, 7) is 13.3. The topological polar surface area (TPSA) is 26.0 Å². The van der Waals surface area contributed by atoms with Gasteiger partial charge in [-0.3, -0.25) is 0 Å². The molecule has 1 nitrogen and oxygen atoms in total. The number of rotatable bonds is 2. The van der Waals surface area contributed by atoms with Gasteiger partial charge in [0, 0.05) is 6.04 Å². The van der Waals surface area contributed by atoms with Crippen molar-refractivity contribution < 1.29 is 0 Å². The fourth-order valence-corrected chi connectivity index (χ4v) is 1.20. The third-order valence-electron chi connectivity index (χ3n) is 2.62. The molecule has 0 spiro atoms. The van der Waals surface area contributed by atoms with E-state index >= 15 is 0 Å². The summed E-state index contributed by atoms with van der Waals surface area (Å²) < 4.78 is 0. The molecule has 2 atom stereocenters. The Balaban J connectivity index is 4.13. The third kappa shape index (κ3) is 3.24. The van der Waals surface area contributed by atoms with E-state index in [1.165, 1.54) is 0 Å². The second kappa shape index (κ2) is 3.57. The zero-order chi connectivity index (χ0) is 9.23. The molecule has 0 radical (unpaired) electrons. The van der Waals surface area contributed by atoms with Gasteiger partial charge in [0.15, 0.2) is 0 Å². The molecular weight excluding hydrogens is 134 g/mol. The molecule has 0 aromatic rings. The maximum Gasteiger partial charge on any atom is 0.0116 e. The van der Waals surface area contributed by atoms with E-state index in [0.717, 1.165) is 0 Å². The van der Waals surface area contributed by atoms with Crippen LogP contribution in [0.2, 0.25) is 0 Å². The van der Waals surface area contributed by atoms with Gasteiger partial charge >= 0.3 is 0 Å². The molecular formula is C10H23N. The van der Waals surface area contributed by atoms with E-state index in [0.29, 0.717) is 17.9 Å². The maximum absolute atomic E-state index is 6.10. The molecule has 0 aromatic carbocycles. The van der Waals surface area contributed by atoms with E-state index in [2.05, 4.69) is 41.5 Å². The molecule has 1 unspecified atom stereocenters.